The number of carbonyl (C=O) groups excluding carboxylic acids is 2. The van der Waals surface area contributed by atoms with E-state index in [9.17, 15) is 14.0 Å². The number of halogens is 1. The summed E-state index contributed by atoms with van der Waals surface area (Å²) in [6.45, 7) is 5.29. The van der Waals surface area contributed by atoms with Gasteiger partial charge in [0.2, 0.25) is 11.8 Å². The van der Waals surface area contributed by atoms with Gasteiger partial charge in [0.25, 0.3) is 0 Å². The molecule has 0 radical (unpaired) electrons. The molecule has 2 heterocycles. The molecule has 0 saturated carbocycles. The Morgan fingerprint density at radius 2 is 1.95 bits per heavy atom. The monoisotopic (exact) mass is 314 g/mol. The Morgan fingerprint density at radius 3 is 2.45 bits per heavy atom. The van der Waals surface area contributed by atoms with E-state index >= 15 is 0 Å². The van der Waals surface area contributed by atoms with E-state index in [1.807, 2.05) is 6.92 Å². The number of amides is 2. The van der Waals surface area contributed by atoms with Crippen molar-refractivity contribution in [2.45, 2.75) is 57.4 Å². The zero-order valence-electron chi connectivity index (χ0n) is 13.3. The molecule has 0 aromatic heterocycles. The van der Waals surface area contributed by atoms with Crippen molar-refractivity contribution >= 4 is 11.8 Å². The SMILES string of the molecule is CC(NC(=O)[C@@H]1C[C@H](F)CN1)C1CCN(C(=O)[C@H](C)N)CC1. The summed E-state index contributed by atoms with van der Waals surface area (Å²) in [5.41, 5.74) is 5.62. The lowest BCUT2D eigenvalue weighted by Crippen LogP contribution is -2.51. The van der Waals surface area contributed by atoms with Gasteiger partial charge in [-0.05, 0) is 32.6 Å². The van der Waals surface area contributed by atoms with Crippen LogP contribution in [0.4, 0.5) is 4.39 Å². The summed E-state index contributed by atoms with van der Waals surface area (Å²) >= 11 is 0. The van der Waals surface area contributed by atoms with E-state index in [1.165, 1.54) is 0 Å². The number of hydrogen-bond donors (Lipinski definition) is 3. The van der Waals surface area contributed by atoms with Crippen LogP contribution in [0.5, 0.6) is 0 Å². The van der Waals surface area contributed by atoms with E-state index < -0.39 is 18.3 Å². The highest BCUT2D eigenvalue weighted by molar-refractivity contribution is 5.82. The van der Waals surface area contributed by atoms with E-state index in [4.69, 9.17) is 5.73 Å². The summed E-state index contributed by atoms with van der Waals surface area (Å²) in [5, 5.41) is 5.88. The Hall–Kier alpha value is -1.21. The van der Waals surface area contributed by atoms with Crippen LogP contribution < -0.4 is 16.4 Å². The first-order chi connectivity index (χ1) is 10.4. The van der Waals surface area contributed by atoms with E-state index in [2.05, 4.69) is 10.6 Å². The molecule has 2 fully saturated rings. The summed E-state index contributed by atoms with van der Waals surface area (Å²) in [6.07, 6.45) is 1.02. The van der Waals surface area contributed by atoms with Crippen LogP contribution >= 0.6 is 0 Å². The molecule has 22 heavy (non-hydrogen) atoms. The van der Waals surface area contributed by atoms with Crippen LogP contribution in [0.3, 0.4) is 0 Å². The standard InChI is InChI=1S/C15H27FN4O2/c1-9(17)15(22)20-5-3-11(4-6-20)10(2)19-14(21)13-7-12(16)8-18-13/h9-13,18H,3-8,17H2,1-2H3,(H,19,21)/t9-,10?,12-,13-/m0/s1. The van der Waals surface area contributed by atoms with Crippen molar-refractivity contribution in [2.75, 3.05) is 19.6 Å². The lowest BCUT2D eigenvalue weighted by atomic mass is 9.90. The molecule has 126 valence electrons. The van der Waals surface area contributed by atoms with Crippen molar-refractivity contribution in [3.8, 4) is 0 Å². The van der Waals surface area contributed by atoms with E-state index in [0.29, 0.717) is 19.0 Å². The second-order valence-electron chi connectivity index (χ2n) is 6.54. The predicted molar refractivity (Wildman–Crippen MR) is 81.9 cm³/mol. The number of nitrogens with zero attached hydrogens (tertiary/aromatic N) is 1. The largest absolute Gasteiger partial charge is 0.352 e. The maximum Gasteiger partial charge on any atom is 0.239 e. The Bertz CT molecular complexity index is 410. The minimum Gasteiger partial charge on any atom is -0.352 e. The number of nitrogens with one attached hydrogen (secondary N) is 2. The minimum atomic E-state index is -0.932. The molecule has 0 spiro atoms. The first kappa shape index (κ1) is 17.1. The zero-order chi connectivity index (χ0) is 16.3. The third-order valence-electron chi connectivity index (χ3n) is 4.71. The average Bonchev–Trinajstić information content (AvgIpc) is 2.93. The van der Waals surface area contributed by atoms with Crippen molar-refractivity contribution in [3.05, 3.63) is 0 Å². The van der Waals surface area contributed by atoms with Gasteiger partial charge in [-0.3, -0.25) is 9.59 Å². The first-order valence-electron chi connectivity index (χ1n) is 8.10. The molecular weight excluding hydrogens is 287 g/mol. The summed E-state index contributed by atoms with van der Waals surface area (Å²) in [5.74, 6) is 0.199. The average molecular weight is 314 g/mol. The van der Waals surface area contributed by atoms with Crippen LogP contribution in [-0.2, 0) is 9.59 Å². The molecule has 2 amide bonds. The third kappa shape index (κ3) is 4.16. The van der Waals surface area contributed by atoms with Crippen molar-refractivity contribution < 1.29 is 14.0 Å². The van der Waals surface area contributed by atoms with Gasteiger partial charge in [0, 0.05) is 32.1 Å². The predicted octanol–water partition coefficient (Wildman–Crippen LogP) is -0.223. The van der Waals surface area contributed by atoms with Crippen LogP contribution in [0.1, 0.15) is 33.1 Å². The maximum absolute atomic E-state index is 13.1. The smallest absolute Gasteiger partial charge is 0.239 e. The Kier molecular flexibility index (Phi) is 5.74. The summed E-state index contributed by atoms with van der Waals surface area (Å²) in [4.78, 5) is 25.7. The number of nitrogens with two attached hydrogens (primary N) is 1. The fourth-order valence-corrected chi connectivity index (χ4v) is 3.24. The van der Waals surface area contributed by atoms with Gasteiger partial charge in [-0.15, -0.1) is 0 Å². The molecule has 0 aliphatic carbocycles. The van der Waals surface area contributed by atoms with Gasteiger partial charge in [0.15, 0.2) is 0 Å². The number of hydrogen-bond acceptors (Lipinski definition) is 4. The van der Waals surface area contributed by atoms with Crippen molar-refractivity contribution in [1.82, 2.24) is 15.5 Å². The highest BCUT2D eigenvalue weighted by atomic mass is 19.1. The number of alkyl halides is 1. The van der Waals surface area contributed by atoms with Crippen LogP contribution in [-0.4, -0.2) is 60.6 Å². The normalized spacial score (nSPS) is 29.2. The molecule has 0 bridgehead atoms. The van der Waals surface area contributed by atoms with E-state index in [-0.39, 0.29) is 30.8 Å². The fourth-order valence-electron chi connectivity index (χ4n) is 3.24. The second kappa shape index (κ2) is 7.37. The summed E-state index contributed by atoms with van der Waals surface area (Å²) in [7, 11) is 0. The lowest BCUT2D eigenvalue weighted by Gasteiger charge is -2.36. The van der Waals surface area contributed by atoms with Crippen molar-refractivity contribution in [3.63, 3.8) is 0 Å². The van der Waals surface area contributed by atoms with Gasteiger partial charge in [0.05, 0.1) is 12.1 Å². The Balaban J connectivity index is 1.76. The van der Waals surface area contributed by atoms with Gasteiger partial charge in [-0.2, -0.15) is 0 Å². The lowest BCUT2D eigenvalue weighted by molar-refractivity contribution is -0.134. The topological polar surface area (TPSA) is 87.5 Å². The fraction of sp³-hybridized carbons (Fsp3) is 0.867. The molecule has 0 aromatic rings. The highest BCUT2D eigenvalue weighted by Gasteiger charge is 2.32. The molecule has 7 heteroatoms. The second-order valence-corrected chi connectivity index (χ2v) is 6.54. The molecule has 4 atom stereocenters. The van der Waals surface area contributed by atoms with Gasteiger partial charge >= 0.3 is 0 Å². The molecule has 1 unspecified atom stereocenters. The van der Waals surface area contributed by atoms with Crippen LogP contribution in [0.15, 0.2) is 0 Å². The molecular formula is C15H27FN4O2. The highest BCUT2D eigenvalue weighted by Crippen LogP contribution is 2.21. The van der Waals surface area contributed by atoms with Crippen molar-refractivity contribution in [1.29, 1.82) is 0 Å². The van der Waals surface area contributed by atoms with Gasteiger partial charge in [0.1, 0.15) is 6.17 Å². The molecule has 6 nitrogen and oxygen atoms in total. The van der Waals surface area contributed by atoms with E-state index in [1.54, 1.807) is 11.8 Å². The zero-order valence-corrected chi connectivity index (χ0v) is 13.3. The Morgan fingerprint density at radius 1 is 1.32 bits per heavy atom. The number of rotatable bonds is 4. The number of carbonyl (C=O) groups is 2. The summed E-state index contributed by atoms with van der Waals surface area (Å²) in [6, 6.07) is -0.853. The molecule has 0 aromatic carbocycles. The molecule has 4 N–H and O–H groups in total. The number of piperidine rings is 1. The molecule has 2 rings (SSSR count). The quantitative estimate of drug-likeness (QED) is 0.669. The molecule has 2 saturated heterocycles. The maximum atomic E-state index is 13.1. The van der Waals surface area contributed by atoms with E-state index in [0.717, 1.165) is 12.8 Å². The van der Waals surface area contributed by atoms with Gasteiger partial charge < -0.3 is 21.3 Å². The van der Waals surface area contributed by atoms with Crippen LogP contribution in [0, 0.1) is 5.92 Å². The van der Waals surface area contributed by atoms with Crippen LogP contribution in [0.25, 0.3) is 0 Å². The molecule has 2 aliphatic heterocycles. The Labute approximate surface area is 131 Å². The van der Waals surface area contributed by atoms with Gasteiger partial charge in [-0.25, -0.2) is 4.39 Å². The third-order valence-corrected chi connectivity index (χ3v) is 4.71. The van der Waals surface area contributed by atoms with Crippen LogP contribution in [0.2, 0.25) is 0 Å². The van der Waals surface area contributed by atoms with Gasteiger partial charge in [-0.1, -0.05) is 0 Å². The number of likely N-dealkylation sites (tertiary alicyclic amines) is 1. The minimum absolute atomic E-state index is 0.0146. The summed E-state index contributed by atoms with van der Waals surface area (Å²) < 4.78 is 13.1. The first-order valence-corrected chi connectivity index (χ1v) is 8.10. The molecule has 2 aliphatic rings. The van der Waals surface area contributed by atoms with Crippen molar-refractivity contribution in [2.24, 2.45) is 11.7 Å².